The molecule has 2 fully saturated rings. The van der Waals surface area contributed by atoms with E-state index in [4.69, 9.17) is 10.5 Å². The number of morpholine rings is 1. The molecule has 0 aromatic heterocycles. The molecule has 7 nitrogen and oxygen atoms in total. The first-order chi connectivity index (χ1) is 13.7. The summed E-state index contributed by atoms with van der Waals surface area (Å²) in [7, 11) is 1.80. The molecule has 29 heavy (non-hydrogen) atoms. The number of hydrogen-bond acceptors (Lipinski definition) is 5. The minimum Gasteiger partial charge on any atom is -0.370 e. The molecule has 0 unspecified atom stereocenters. The van der Waals surface area contributed by atoms with Crippen molar-refractivity contribution in [1.29, 1.82) is 0 Å². The van der Waals surface area contributed by atoms with Crippen molar-refractivity contribution >= 4 is 23.2 Å². The van der Waals surface area contributed by atoms with Crippen LogP contribution in [0.25, 0.3) is 0 Å². The first-order valence-electron chi connectivity index (χ1n) is 9.54. The van der Waals surface area contributed by atoms with E-state index in [1.54, 1.807) is 7.05 Å². The molecular formula is C19H25F3N4O3. The number of nitrogens with two attached hydrogens (primary N) is 1. The fourth-order valence-electron chi connectivity index (χ4n) is 3.58. The summed E-state index contributed by atoms with van der Waals surface area (Å²) in [5.41, 5.74) is 4.52. The summed E-state index contributed by atoms with van der Waals surface area (Å²) in [5.74, 6) is -0.992. The molecule has 1 heterocycles. The van der Waals surface area contributed by atoms with Gasteiger partial charge in [0.2, 0.25) is 5.91 Å². The smallest absolute Gasteiger partial charge is 0.370 e. The molecule has 2 amide bonds. The molecule has 3 rings (SSSR count). The second-order valence-electron chi connectivity index (χ2n) is 7.32. The first kappa shape index (κ1) is 21.5. The Labute approximate surface area is 167 Å². The van der Waals surface area contributed by atoms with Crippen LogP contribution in [-0.2, 0) is 20.5 Å². The van der Waals surface area contributed by atoms with Crippen molar-refractivity contribution in [1.82, 2.24) is 4.90 Å². The van der Waals surface area contributed by atoms with Gasteiger partial charge in [-0.3, -0.25) is 14.5 Å². The molecule has 3 N–H and O–H groups in total. The lowest BCUT2D eigenvalue weighted by Crippen LogP contribution is -2.52. The lowest BCUT2D eigenvalue weighted by molar-refractivity contribution is -0.137. The Morgan fingerprint density at radius 1 is 1.41 bits per heavy atom. The number of likely N-dealkylation sites (N-methyl/N-ethyl adjacent to an activating group) is 1. The van der Waals surface area contributed by atoms with E-state index in [-0.39, 0.29) is 43.7 Å². The van der Waals surface area contributed by atoms with E-state index in [2.05, 4.69) is 5.32 Å². The number of amides is 2. The van der Waals surface area contributed by atoms with Crippen LogP contribution in [0.15, 0.2) is 18.2 Å². The number of nitrogens with zero attached hydrogens (tertiary/aromatic N) is 2. The lowest BCUT2D eigenvalue weighted by atomic mass is 9.90. The van der Waals surface area contributed by atoms with Crippen LogP contribution in [0.2, 0.25) is 0 Å². The normalized spacial score (nSPS) is 19.2. The van der Waals surface area contributed by atoms with Crippen molar-refractivity contribution in [3.05, 3.63) is 23.8 Å². The summed E-state index contributed by atoms with van der Waals surface area (Å²) < 4.78 is 45.9. The molecule has 1 saturated carbocycles. The standard InChI is InChI=1S/C19H25F3N4O3/c1-25(13-3-2-4-13)16(10-23)18(28)24-12-5-6-15(14(9-12)19(20,21)22)26-7-8-29-11-17(26)27/h5-6,9,13,16H,2-4,7-8,10-11,23H2,1H3,(H,24,28)/t16-/m0/s1. The van der Waals surface area contributed by atoms with E-state index in [1.165, 1.54) is 12.1 Å². The van der Waals surface area contributed by atoms with E-state index >= 15 is 0 Å². The predicted molar refractivity (Wildman–Crippen MR) is 101 cm³/mol. The maximum Gasteiger partial charge on any atom is 0.418 e. The van der Waals surface area contributed by atoms with E-state index in [9.17, 15) is 22.8 Å². The van der Waals surface area contributed by atoms with Gasteiger partial charge in [-0.05, 0) is 38.1 Å². The fourth-order valence-corrected chi connectivity index (χ4v) is 3.58. The van der Waals surface area contributed by atoms with E-state index < -0.39 is 29.6 Å². The molecule has 1 atom stereocenters. The molecule has 1 saturated heterocycles. The molecular weight excluding hydrogens is 389 g/mol. The Balaban J connectivity index is 1.82. The highest BCUT2D eigenvalue weighted by atomic mass is 19.4. The lowest BCUT2D eigenvalue weighted by Gasteiger charge is -2.38. The minimum absolute atomic E-state index is 0.00671. The molecule has 10 heteroatoms. The van der Waals surface area contributed by atoms with Gasteiger partial charge in [-0.1, -0.05) is 6.42 Å². The van der Waals surface area contributed by atoms with Gasteiger partial charge in [-0.15, -0.1) is 0 Å². The van der Waals surface area contributed by atoms with Gasteiger partial charge in [0.05, 0.1) is 17.9 Å². The maximum atomic E-state index is 13.6. The van der Waals surface area contributed by atoms with Crippen molar-refractivity contribution in [2.75, 3.05) is 43.6 Å². The summed E-state index contributed by atoms with van der Waals surface area (Å²) >= 11 is 0. The minimum atomic E-state index is -4.69. The zero-order valence-corrected chi connectivity index (χ0v) is 16.2. The van der Waals surface area contributed by atoms with E-state index in [0.29, 0.717) is 0 Å². The Kier molecular flexibility index (Phi) is 6.45. The van der Waals surface area contributed by atoms with Gasteiger partial charge < -0.3 is 20.7 Å². The van der Waals surface area contributed by atoms with Crippen LogP contribution in [0.3, 0.4) is 0 Å². The number of nitrogens with one attached hydrogen (secondary N) is 1. The third-order valence-electron chi connectivity index (χ3n) is 5.51. The van der Waals surface area contributed by atoms with Gasteiger partial charge in [0.1, 0.15) is 12.6 Å². The van der Waals surface area contributed by atoms with Gasteiger partial charge in [0, 0.05) is 24.8 Å². The largest absolute Gasteiger partial charge is 0.418 e. The van der Waals surface area contributed by atoms with Crippen molar-refractivity contribution in [3.63, 3.8) is 0 Å². The number of carbonyl (C=O) groups is 2. The Hall–Kier alpha value is -2.17. The number of carbonyl (C=O) groups excluding carboxylic acids is 2. The fraction of sp³-hybridized carbons (Fsp3) is 0.579. The highest BCUT2D eigenvalue weighted by Gasteiger charge is 2.37. The summed E-state index contributed by atoms with van der Waals surface area (Å²) in [5, 5.41) is 2.54. The molecule has 0 radical (unpaired) electrons. The summed E-state index contributed by atoms with van der Waals surface area (Å²) in [4.78, 5) is 27.6. The molecule has 1 aliphatic heterocycles. The second kappa shape index (κ2) is 8.68. The Morgan fingerprint density at radius 2 is 2.14 bits per heavy atom. The van der Waals surface area contributed by atoms with Crippen LogP contribution in [0, 0.1) is 0 Å². The van der Waals surface area contributed by atoms with Crippen LogP contribution in [0.4, 0.5) is 24.5 Å². The highest BCUT2D eigenvalue weighted by Crippen LogP contribution is 2.39. The van der Waals surface area contributed by atoms with Crippen LogP contribution in [0.1, 0.15) is 24.8 Å². The summed E-state index contributed by atoms with van der Waals surface area (Å²) in [6.07, 6.45) is -1.66. The van der Waals surface area contributed by atoms with Crippen LogP contribution < -0.4 is 16.0 Å². The number of benzene rings is 1. The number of halogens is 3. The number of rotatable bonds is 6. The Morgan fingerprint density at radius 3 is 2.69 bits per heavy atom. The van der Waals surface area contributed by atoms with Gasteiger partial charge in [-0.25, -0.2) is 0 Å². The van der Waals surface area contributed by atoms with Crippen molar-refractivity contribution in [2.45, 2.75) is 37.5 Å². The second-order valence-corrected chi connectivity index (χ2v) is 7.32. The Bertz CT molecular complexity index is 768. The third-order valence-corrected chi connectivity index (χ3v) is 5.51. The zero-order valence-electron chi connectivity index (χ0n) is 16.2. The van der Waals surface area contributed by atoms with Crippen molar-refractivity contribution in [2.24, 2.45) is 5.73 Å². The average Bonchev–Trinajstić information content (AvgIpc) is 2.60. The van der Waals surface area contributed by atoms with Gasteiger partial charge in [-0.2, -0.15) is 13.2 Å². The molecule has 1 aromatic carbocycles. The number of ether oxygens (including phenoxy) is 1. The molecule has 160 valence electrons. The predicted octanol–water partition coefficient (Wildman–Crippen LogP) is 1.82. The third kappa shape index (κ3) is 4.71. The summed E-state index contributed by atoms with van der Waals surface area (Å²) in [6, 6.07) is 3.05. The molecule has 2 aliphatic rings. The monoisotopic (exact) mass is 414 g/mol. The van der Waals surface area contributed by atoms with Crippen molar-refractivity contribution in [3.8, 4) is 0 Å². The SMILES string of the molecule is CN(C1CCC1)[C@@H](CN)C(=O)Nc1ccc(N2CCOCC2=O)c(C(F)(F)F)c1. The number of anilines is 2. The molecule has 0 bridgehead atoms. The first-order valence-corrected chi connectivity index (χ1v) is 9.54. The molecule has 1 aliphatic carbocycles. The zero-order chi connectivity index (χ0) is 21.2. The van der Waals surface area contributed by atoms with E-state index in [0.717, 1.165) is 30.2 Å². The quantitative estimate of drug-likeness (QED) is 0.742. The van der Waals surface area contributed by atoms with Crippen LogP contribution in [0.5, 0.6) is 0 Å². The van der Waals surface area contributed by atoms with Gasteiger partial charge in [0.25, 0.3) is 5.91 Å². The maximum absolute atomic E-state index is 13.6. The van der Waals surface area contributed by atoms with Gasteiger partial charge >= 0.3 is 6.18 Å². The van der Waals surface area contributed by atoms with Gasteiger partial charge in [0.15, 0.2) is 0 Å². The topological polar surface area (TPSA) is 87.9 Å². The van der Waals surface area contributed by atoms with Crippen LogP contribution >= 0.6 is 0 Å². The molecule has 0 spiro atoms. The number of hydrogen-bond donors (Lipinski definition) is 2. The van der Waals surface area contributed by atoms with Crippen LogP contribution in [-0.4, -0.2) is 62.1 Å². The van der Waals surface area contributed by atoms with E-state index in [1.807, 2.05) is 4.90 Å². The average molecular weight is 414 g/mol. The highest BCUT2D eigenvalue weighted by molar-refractivity contribution is 5.98. The molecule has 1 aromatic rings. The number of alkyl halides is 3. The summed E-state index contributed by atoms with van der Waals surface area (Å²) in [6.45, 7) is -0.00491. The van der Waals surface area contributed by atoms with Crippen molar-refractivity contribution < 1.29 is 27.5 Å².